The molecule has 1 aromatic carbocycles. The van der Waals surface area contributed by atoms with Gasteiger partial charge >= 0.3 is 0 Å². The van der Waals surface area contributed by atoms with Crippen molar-refractivity contribution in [2.75, 3.05) is 36.4 Å². The van der Waals surface area contributed by atoms with Crippen molar-refractivity contribution in [3.63, 3.8) is 0 Å². The van der Waals surface area contributed by atoms with Crippen molar-refractivity contribution in [1.29, 1.82) is 0 Å². The number of carbonyl (C=O) groups is 2. The lowest BCUT2D eigenvalue weighted by Gasteiger charge is -2.32. The zero-order valence-corrected chi connectivity index (χ0v) is 17.0. The molecule has 3 heterocycles. The van der Waals surface area contributed by atoms with Gasteiger partial charge in [0, 0.05) is 31.7 Å². The number of hydrogen-bond acceptors (Lipinski definition) is 5. The molecule has 2 aromatic rings. The normalized spacial score (nSPS) is 21.3. The summed E-state index contributed by atoms with van der Waals surface area (Å²) in [6.07, 6.45) is 2.95. The number of amides is 2. The molecule has 4 rings (SSSR count). The van der Waals surface area contributed by atoms with Gasteiger partial charge < -0.3 is 16.0 Å². The number of aromatic nitrogens is 1. The molecular weight excluding hydrogens is 385 g/mol. The number of benzene rings is 1. The number of carbonyl (C=O) groups excluding carboxylic acids is 2. The molecule has 3 N–H and O–H groups in total. The second-order valence-corrected chi connectivity index (χ2v) is 8.17. The summed E-state index contributed by atoms with van der Waals surface area (Å²) in [5.74, 6) is -0.337. The quantitative estimate of drug-likeness (QED) is 0.788. The maximum Gasteiger partial charge on any atom is 0.255 e. The fourth-order valence-corrected chi connectivity index (χ4v) is 4.32. The molecule has 2 aliphatic heterocycles. The van der Waals surface area contributed by atoms with Crippen molar-refractivity contribution in [2.24, 2.45) is 5.73 Å². The van der Waals surface area contributed by atoms with Crippen LogP contribution < -0.4 is 16.0 Å². The van der Waals surface area contributed by atoms with E-state index in [9.17, 15) is 14.0 Å². The van der Waals surface area contributed by atoms with E-state index in [1.807, 2.05) is 34.1 Å². The van der Waals surface area contributed by atoms with Gasteiger partial charge in [0.25, 0.3) is 5.91 Å². The molecule has 158 valence electrons. The number of alkyl halides is 1. The molecule has 1 fully saturated rings. The minimum absolute atomic E-state index is 0.203. The topological polar surface area (TPSA) is 91.6 Å². The maximum absolute atomic E-state index is 13.5. The molecule has 2 aliphatic rings. The van der Waals surface area contributed by atoms with Crippen molar-refractivity contribution in [3.8, 4) is 0 Å². The summed E-state index contributed by atoms with van der Waals surface area (Å²) in [6.45, 7) is 4.64. The lowest BCUT2D eigenvalue weighted by atomic mass is 9.89. The Morgan fingerprint density at radius 3 is 2.83 bits per heavy atom. The Morgan fingerprint density at radius 2 is 2.10 bits per heavy atom. The Kier molecular flexibility index (Phi) is 5.67. The predicted octanol–water partition coefficient (Wildman–Crippen LogP) is 2.29. The van der Waals surface area contributed by atoms with E-state index in [1.165, 1.54) is 5.56 Å². The SMILES string of the molecule is C[C@H]1CN(CC(N)=O)Cc2cc(C(=O)Nc3cncc(N4CCC(F)C4)c3)ccc21. The van der Waals surface area contributed by atoms with Crippen LogP contribution in [0.3, 0.4) is 0 Å². The van der Waals surface area contributed by atoms with Gasteiger partial charge in [-0.25, -0.2) is 4.39 Å². The zero-order chi connectivity index (χ0) is 21.3. The van der Waals surface area contributed by atoms with Crippen LogP contribution >= 0.6 is 0 Å². The highest BCUT2D eigenvalue weighted by molar-refractivity contribution is 6.04. The Hall–Kier alpha value is -3.00. The fraction of sp³-hybridized carbons (Fsp3) is 0.409. The number of pyridine rings is 1. The summed E-state index contributed by atoms with van der Waals surface area (Å²) in [5.41, 5.74) is 9.47. The fourth-order valence-electron chi connectivity index (χ4n) is 4.32. The molecule has 0 aliphatic carbocycles. The van der Waals surface area contributed by atoms with E-state index >= 15 is 0 Å². The molecule has 8 heteroatoms. The summed E-state index contributed by atoms with van der Waals surface area (Å²) in [6, 6.07) is 7.49. The van der Waals surface area contributed by atoms with Crippen LogP contribution in [0.4, 0.5) is 15.8 Å². The highest BCUT2D eigenvalue weighted by atomic mass is 19.1. The Bertz CT molecular complexity index is 966. The molecule has 1 aromatic heterocycles. The van der Waals surface area contributed by atoms with Crippen LogP contribution in [-0.2, 0) is 11.3 Å². The molecule has 0 radical (unpaired) electrons. The first-order valence-corrected chi connectivity index (χ1v) is 10.2. The maximum atomic E-state index is 13.5. The largest absolute Gasteiger partial charge is 0.369 e. The van der Waals surface area contributed by atoms with Gasteiger partial charge in [0.15, 0.2) is 0 Å². The van der Waals surface area contributed by atoms with E-state index in [2.05, 4.69) is 17.2 Å². The predicted molar refractivity (Wildman–Crippen MR) is 113 cm³/mol. The highest BCUT2D eigenvalue weighted by Gasteiger charge is 2.25. The van der Waals surface area contributed by atoms with Gasteiger partial charge in [-0.3, -0.25) is 19.5 Å². The molecule has 30 heavy (non-hydrogen) atoms. The second-order valence-electron chi connectivity index (χ2n) is 8.17. The number of anilines is 2. The number of nitrogens with two attached hydrogens (primary N) is 1. The third-order valence-corrected chi connectivity index (χ3v) is 5.72. The van der Waals surface area contributed by atoms with Crippen LogP contribution in [0.25, 0.3) is 0 Å². The van der Waals surface area contributed by atoms with E-state index in [0.29, 0.717) is 37.3 Å². The molecule has 0 spiro atoms. The summed E-state index contributed by atoms with van der Waals surface area (Å²) in [4.78, 5) is 32.2. The number of halogens is 1. The van der Waals surface area contributed by atoms with Crippen LogP contribution in [0.1, 0.15) is 40.7 Å². The molecule has 0 saturated carbocycles. The van der Waals surface area contributed by atoms with Gasteiger partial charge in [-0.05, 0) is 41.7 Å². The van der Waals surface area contributed by atoms with E-state index in [0.717, 1.165) is 17.8 Å². The van der Waals surface area contributed by atoms with Crippen LogP contribution in [-0.4, -0.2) is 54.0 Å². The molecule has 2 atom stereocenters. The first kappa shape index (κ1) is 20.3. The lowest BCUT2D eigenvalue weighted by molar-refractivity contribution is -0.119. The Labute approximate surface area is 175 Å². The number of nitrogens with zero attached hydrogens (tertiary/aromatic N) is 3. The molecular formula is C22H26FN5O2. The Balaban J connectivity index is 1.49. The summed E-state index contributed by atoms with van der Waals surface area (Å²) in [5, 5.41) is 2.89. The first-order valence-electron chi connectivity index (χ1n) is 10.2. The molecule has 1 saturated heterocycles. The number of nitrogens with one attached hydrogen (secondary N) is 1. The molecule has 1 unspecified atom stereocenters. The molecule has 2 amide bonds. The van der Waals surface area contributed by atoms with Gasteiger partial charge in [0.2, 0.25) is 5.91 Å². The standard InChI is InChI=1S/C22H26FN5O2/c1-14-10-27(13-21(24)29)11-16-6-15(2-3-20(14)16)22(30)26-18-7-19(9-25-8-18)28-5-4-17(23)12-28/h2-3,6-9,14,17H,4-5,10-13H2,1H3,(H2,24,29)(H,26,30)/t14-,17?/m0/s1. The number of hydrogen-bond donors (Lipinski definition) is 2. The van der Waals surface area contributed by atoms with Crippen molar-refractivity contribution >= 4 is 23.2 Å². The lowest BCUT2D eigenvalue weighted by Crippen LogP contribution is -2.38. The van der Waals surface area contributed by atoms with Gasteiger partial charge in [-0.1, -0.05) is 13.0 Å². The monoisotopic (exact) mass is 411 g/mol. The van der Waals surface area contributed by atoms with Crippen LogP contribution in [0, 0.1) is 0 Å². The average Bonchev–Trinajstić information content (AvgIpc) is 3.13. The molecule has 0 bridgehead atoms. The third kappa shape index (κ3) is 4.43. The van der Waals surface area contributed by atoms with Crippen LogP contribution in [0.15, 0.2) is 36.7 Å². The number of fused-ring (bicyclic) bond motifs is 1. The number of primary amides is 1. The van der Waals surface area contributed by atoms with Crippen molar-refractivity contribution in [1.82, 2.24) is 9.88 Å². The van der Waals surface area contributed by atoms with Crippen LogP contribution in [0.5, 0.6) is 0 Å². The second kappa shape index (κ2) is 8.39. The van der Waals surface area contributed by atoms with Gasteiger partial charge in [-0.2, -0.15) is 0 Å². The van der Waals surface area contributed by atoms with Gasteiger partial charge in [-0.15, -0.1) is 0 Å². The van der Waals surface area contributed by atoms with E-state index in [-0.39, 0.29) is 24.3 Å². The number of rotatable bonds is 5. The Morgan fingerprint density at radius 1 is 1.27 bits per heavy atom. The average molecular weight is 411 g/mol. The smallest absolute Gasteiger partial charge is 0.255 e. The van der Waals surface area contributed by atoms with E-state index < -0.39 is 6.17 Å². The van der Waals surface area contributed by atoms with E-state index in [4.69, 9.17) is 5.73 Å². The first-order chi connectivity index (χ1) is 14.4. The zero-order valence-electron chi connectivity index (χ0n) is 17.0. The summed E-state index contributed by atoms with van der Waals surface area (Å²) >= 11 is 0. The van der Waals surface area contributed by atoms with Crippen molar-refractivity contribution < 1.29 is 14.0 Å². The van der Waals surface area contributed by atoms with E-state index in [1.54, 1.807) is 12.4 Å². The van der Waals surface area contributed by atoms with Gasteiger partial charge in [0.1, 0.15) is 6.17 Å². The third-order valence-electron chi connectivity index (χ3n) is 5.72. The van der Waals surface area contributed by atoms with Crippen LogP contribution in [0.2, 0.25) is 0 Å². The molecule has 7 nitrogen and oxygen atoms in total. The summed E-state index contributed by atoms with van der Waals surface area (Å²) < 4.78 is 13.5. The van der Waals surface area contributed by atoms with Gasteiger partial charge in [0.05, 0.1) is 30.3 Å². The minimum atomic E-state index is -0.824. The minimum Gasteiger partial charge on any atom is -0.369 e. The van der Waals surface area contributed by atoms with Crippen molar-refractivity contribution in [3.05, 3.63) is 53.3 Å². The summed E-state index contributed by atoms with van der Waals surface area (Å²) in [7, 11) is 0. The van der Waals surface area contributed by atoms with Crippen molar-refractivity contribution in [2.45, 2.75) is 32.0 Å². The highest BCUT2D eigenvalue weighted by Crippen LogP contribution is 2.29.